The summed E-state index contributed by atoms with van der Waals surface area (Å²) in [5, 5.41) is 7.17. The maximum absolute atomic E-state index is 12.0. The first-order valence-corrected chi connectivity index (χ1v) is 7.21. The third-order valence-corrected chi connectivity index (χ3v) is 3.92. The van der Waals surface area contributed by atoms with E-state index in [0.29, 0.717) is 29.9 Å². The molecule has 0 amide bonds. The highest BCUT2D eigenvalue weighted by molar-refractivity contribution is 9.10. The van der Waals surface area contributed by atoms with Crippen LogP contribution in [0.15, 0.2) is 15.5 Å². The number of aromatic nitrogens is 2. The summed E-state index contributed by atoms with van der Waals surface area (Å²) in [5.41, 5.74) is 0.385. The Morgan fingerprint density at radius 1 is 1.65 bits per heavy atom. The van der Waals surface area contributed by atoms with Crippen LogP contribution in [0.3, 0.4) is 0 Å². The van der Waals surface area contributed by atoms with Gasteiger partial charge in [-0.25, -0.2) is 9.48 Å². The molecule has 7 nitrogen and oxygen atoms in total. The number of hydrogen-bond acceptors (Lipinski definition) is 6. The molecule has 0 aromatic carbocycles. The maximum atomic E-state index is 12.0. The lowest BCUT2D eigenvalue weighted by Crippen LogP contribution is -2.56. The summed E-state index contributed by atoms with van der Waals surface area (Å²) in [6.45, 7) is 3.93. The summed E-state index contributed by atoms with van der Waals surface area (Å²) < 4.78 is 6.74. The zero-order valence-electron chi connectivity index (χ0n) is 11.4. The molecule has 1 aliphatic rings. The van der Waals surface area contributed by atoms with Gasteiger partial charge < -0.3 is 15.0 Å². The Balaban J connectivity index is 2.35. The van der Waals surface area contributed by atoms with E-state index >= 15 is 0 Å². The molecule has 0 spiro atoms. The van der Waals surface area contributed by atoms with Crippen molar-refractivity contribution in [3.8, 4) is 0 Å². The lowest BCUT2D eigenvalue weighted by Gasteiger charge is -2.36. The van der Waals surface area contributed by atoms with Gasteiger partial charge in [-0.1, -0.05) is 0 Å². The number of nitrogens with zero attached hydrogens (tertiary/aromatic N) is 3. The number of aryl methyl sites for hydroxylation is 1. The van der Waals surface area contributed by atoms with Gasteiger partial charge in [0, 0.05) is 26.7 Å². The number of halogens is 1. The van der Waals surface area contributed by atoms with Crippen molar-refractivity contribution in [3.63, 3.8) is 0 Å². The van der Waals surface area contributed by atoms with E-state index in [-0.39, 0.29) is 11.5 Å². The average Bonchev–Trinajstić information content (AvgIpc) is 2.45. The number of anilines is 1. The Hall–Kier alpha value is -1.41. The second-order valence-electron chi connectivity index (χ2n) is 4.44. The molecule has 1 saturated heterocycles. The molecule has 1 atom stereocenters. The molecule has 1 aliphatic heterocycles. The molecular formula is C12H17BrN4O3. The van der Waals surface area contributed by atoms with Crippen molar-refractivity contribution in [2.75, 3.05) is 31.1 Å². The zero-order valence-corrected chi connectivity index (χ0v) is 13.0. The average molecular weight is 345 g/mol. The van der Waals surface area contributed by atoms with Gasteiger partial charge in [-0.2, -0.15) is 5.10 Å². The molecule has 0 saturated carbocycles. The van der Waals surface area contributed by atoms with Crippen LogP contribution in [-0.4, -0.2) is 48.0 Å². The first-order valence-electron chi connectivity index (χ1n) is 6.42. The second kappa shape index (κ2) is 6.36. The number of hydrogen-bond donors (Lipinski definition) is 1. The van der Waals surface area contributed by atoms with E-state index in [1.165, 1.54) is 4.68 Å². The summed E-state index contributed by atoms with van der Waals surface area (Å²) in [7, 11) is 1.58. The highest BCUT2D eigenvalue weighted by atomic mass is 79.9. The predicted octanol–water partition coefficient (Wildman–Crippen LogP) is -0.116. The van der Waals surface area contributed by atoms with Crippen molar-refractivity contribution in [1.82, 2.24) is 15.1 Å². The molecule has 1 N–H and O–H groups in total. The number of carbonyl (C=O) groups excluding carboxylic acids is 1. The van der Waals surface area contributed by atoms with Gasteiger partial charge in [0.1, 0.15) is 10.5 Å². The molecule has 1 aromatic heterocycles. The van der Waals surface area contributed by atoms with Crippen LogP contribution >= 0.6 is 15.9 Å². The quantitative estimate of drug-likeness (QED) is 0.770. The first kappa shape index (κ1) is 15.0. The summed E-state index contributed by atoms with van der Waals surface area (Å²) in [6, 6.07) is -0.450. The summed E-state index contributed by atoms with van der Waals surface area (Å²) >= 11 is 3.29. The van der Waals surface area contributed by atoms with Crippen LogP contribution in [0.5, 0.6) is 0 Å². The van der Waals surface area contributed by atoms with E-state index in [2.05, 4.69) is 26.3 Å². The molecule has 20 heavy (non-hydrogen) atoms. The van der Waals surface area contributed by atoms with Crippen molar-refractivity contribution in [2.45, 2.75) is 13.0 Å². The molecular weight excluding hydrogens is 328 g/mol. The largest absolute Gasteiger partial charge is 0.464 e. The van der Waals surface area contributed by atoms with Gasteiger partial charge in [-0.15, -0.1) is 0 Å². The van der Waals surface area contributed by atoms with Gasteiger partial charge in [0.05, 0.1) is 18.5 Å². The molecule has 2 heterocycles. The van der Waals surface area contributed by atoms with Crippen LogP contribution in [0.25, 0.3) is 0 Å². The van der Waals surface area contributed by atoms with Gasteiger partial charge in [0.25, 0.3) is 5.56 Å². The minimum Gasteiger partial charge on any atom is -0.464 e. The first-order chi connectivity index (χ1) is 9.56. The van der Waals surface area contributed by atoms with Gasteiger partial charge >= 0.3 is 5.97 Å². The van der Waals surface area contributed by atoms with Gasteiger partial charge in [-0.3, -0.25) is 4.79 Å². The van der Waals surface area contributed by atoms with E-state index in [1.807, 2.05) is 4.90 Å². The van der Waals surface area contributed by atoms with Crippen molar-refractivity contribution < 1.29 is 9.53 Å². The fourth-order valence-corrected chi connectivity index (χ4v) is 2.73. The Kier molecular flexibility index (Phi) is 4.77. The van der Waals surface area contributed by atoms with E-state index in [1.54, 1.807) is 20.2 Å². The highest BCUT2D eigenvalue weighted by Gasteiger charge is 2.31. The van der Waals surface area contributed by atoms with Crippen LogP contribution in [0, 0.1) is 0 Å². The number of nitrogens with one attached hydrogen (secondary N) is 1. The molecule has 0 bridgehead atoms. The van der Waals surface area contributed by atoms with E-state index in [0.717, 1.165) is 6.54 Å². The normalized spacial score (nSPS) is 18.9. The molecule has 1 unspecified atom stereocenters. The molecule has 1 aromatic rings. The zero-order chi connectivity index (χ0) is 14.7. The van der Waals surface area contributed by atoms with Gasteiger partial charge in [0.15, 0.2) is 0 Å². The van der Waals surface area contributed by atoms with Crippen LogP contribution < -0.4 is 15.8 Å². The van der Waals surface area contributed by atoms with Crippen molar-refractivity contribution >= 4 is 27.6 Å². The van der Waals surface area contributed by atoms with Gasteiger partial charge in [-0.05, 0) is 22.9 Å². The molecule has 110 valence electrons. The molecule has 0 radical (unpaired) electrons. The molecule has 8 heteroatoms. The Bertz CT molecular complexity index is 560. The Morgan fingerprint density at radius 2 is 2.40 bits per heavy atom. The lowest BCUT2D eigenvalue weighted by molar-refractivity contribution is -0.144. The topological polar surface area (TPSA) is 76.5 Å². The number of piperazine rings is 1. The molecule has 1 fully saturated rings. The number of esters is 1. The maximum Gasteiger partial charge on any atom is 0.330 e. The summed E-state index contributed by atoms with van der Waals surface area (Å²) in [5.74, 6) is -0.299. The summed E-state index contributed by atoms with van der Waals surface area (Å²) in [6.07, 6.45) is 1.59. The third-order valence-electron chi connectivity index (χ3n) is 3.17. The van der Waals surface area contributed by atoms with E-state index in [4.69, 9.17) is 4.74 Å². The number of ether oxygens (including phenoxy) is 1. The van der Waals surface area contributed by atoms with Crippen molar-refractivity contribution in [1.29, 1.82) is 0 Å². The van der Waals surface area contributed by atoms with Crippen LogP contribution in [0.1, 0.15) is 6.92 Å². The monoisotopic (exact) mass is 344 g/mol. The Morgan fingerprint density at radius 3 is 3.10 bits per heavy atom. The summed E-state index contributed by atoms with van der Waals surface area (Å²) in [4.78, 5) is 25.8. The standard InChI is InChI=1S/C12H17BrN4O3/c1-3-20-12(19)9-6-14-4-5-17(9)8-7-15-16(2)11(18)10(8)13/h7,9,14H,3-6H2,1-2H3. The smallest absolute Gasteiger partial charge is 0.330 e. The lowest BCUT2D eigenvalue weighted by atomic mass is 10.1. The predicted molar refractivity (Wildman–Crippen MR) is 77.8 cm³/mol. The van der Waals surface area contributed by atoms with Crippen molar-refractivity contribution in [3.05, 3.63) is 21.0 Å². The van der Waals surface area contributed by atoms with Crippen LogP contribution in [0.2, 0.25) is 0 Å². The van der Waals surface area contributed by atoms with Crippen LogP contribution in [0.4, 0.5) is 5.69 Å². The minimum atomic E-state index is -0.450. The van der Waals surface area contributed by atoms with Crippen LogP contribution in [-0.2, 0) is 16.6 Å². The third kappa shape index (κ3) is 2.85. The number of rotatable bonds is 3. The second-order valence-corrected chi connectivity index (χ2v) is 5.23. The SMILES string of the molecule is CCOC(=O)C1CNCCN1c1cnn(C)c(=O)c1Br. The van der Waals surface area contributed by atoms with Crippen molar-refractivity contribution in [2.24, 2.45) is 7.05 Å². The number of carbonyl (C=O) groups is 1. The van der Waals surface area contributed by atoms with Gasteiger partial charge in [0.2, 0.25) is 0 Å². The minimum absolute atomic E-state index is 0.233. The fraction of sp³-hybridized carbons (Fsp3) is 0.583. The molecule has 2 rings (SSSR count). The Labute approximate surface area is 125 Å². The molecule has 0 aliphatic carbocycles. The van der Waals surface area contributed by atoms with E-state index < -0.39 is 6.04 Å². The highest BCUT2D eigenvalue weighted by Crippen LogP contribution is 2.24. The van der Waals surface area contributed by atoms with E-state index in [9.17, 15) is 9.59 Å². The fourth-order valence-electron chi connectivity index (χ4n) is 2.14.